The van der Waals surface area contributed by atoms with Crippen LogP contribution in [0.2, 0.25) is 0 Å². The molecule has 8 nitrogen and oxygen atoms in total. The lowest BCUT2D eigenvalue weighted by Gasteiger charge is -2.26. The molecule has 1 aliphatic heterocycles. The molecule has 2 aromatic carbocycles. The summed E-state index contributed by atoms with van der Waals surface area (Å²) in [6.07, 6.45) is -10.2. The lowest BCUT2D eigenvalue weighted by Crippen LogP contribution is -2.42. The van der Waals surface area contributed by atoms with Gasteiger partial charge in [0.1, 0.15) is 17.3 Å². The third-order valence-corrected chi connectivity index (χ3v) is 4.87. The van der Waals surface area contributed by atoms with Crippen molar-refractivity contribution in [3.05, 3.63) is 71.0 Å². The quantitative estimate of drug-likeness (QED) is 0.191. The predicted molar refractivity (Wildman–Crippen MR) is 142 cm³/mol. The van der Waals surface area contributed by atoms with Gasteiger partial charge < -0.3 is 19.9 Å². The average Bonchev–Trinajstić information content (AvgIpc) is 2.87. The Morgan fingerprint density at radius 3 is 1.90 bits per heavy atom. The highest BCUT2D eigenvalue weighted by molar-refractivity contribution is 5.83. The van der Waals surface area contributed by atoms with Gasteiger partial charge in [0.25, 0.3) is 0 Å². The number of methoxy groups -OCH3 is 1. The Labute approximate surface area is 239 Å². The summed E-state index contributed by atoms with van der Waals surface area (Å²) in [6, 6.07) is 9.30. The number of halogens is 7. The van der Waals surface area contributed by atoms with Crippen molar-refractivity contribution in [3.8, 4) is 0 Å². The first kappa shape index (κ1) is 36.6. The van der Waals surface area contributed by atoms with Crippen LogP contribution < -0.4 is 11.2 Å². The summed E-state index contributed by atoms with van der Waals surface area (Å²) in [5.74, 6) is 0.172. The summed E-state index contributed by atoms with van der Waals surface area (Å²) in [5, 5.41) is 3.79. The molecule has 0 saturated carbocycles. The molecule has 3 N–H and O–H groups in total. The molecule has 0 unspecified atom stereocenters. The third-order valence-electron chi connectivity index (χ3n) is 4.87. The molecule has 0 spiro atoms. The standard InChI is InChI=1S/C11H22N4O3.C10H8F6O.C6H5F/c1-11(2,3)18-10(16)14-13-9(12)8-15-4-6-17-7-5-15;1-17-5-6-2-7(9(11,12)13)4-8(3-6)10(14,15)16;7-6-4-2-1-3-5-6/h4-8H2,1-3H3,(H2,12,13)(H,14,16);2-4H,5H2,1H3;1-5H. The molecule has 3 rings (SSSR count). The zero-order valence-corrected chi connectivity index (χ0v) is 23.6. The molecule has 1 saturated heterocycles. The fourth-order valence-electron chi connectivity index (χ4n) is 3.13. The molecule has 2 aromatic rings. The monoisotopic (exact) mass is 612 g/mol. The second kappa shape index (κ2) is 16.9. The summed E-state index contributed by atoms with van der Waals surface area (Å²) < 4.78 is 101. The van der Waals surface area contributed by atoms with Crippen LogP contribution in [0.3, 0.4) is 0 Å². The summed E-state index contributed by atoms with van der Waals surface area (Å²) >= 11 is 0. The fourth-order valence-corrected chi connectivity index (χ4v) is 3.13. The number of carbonyl (C=O) groups is 1. The Bertz CT molecular complexity index is 1080. The fraction of sp³-hybridized carbons (Fsp3) is 0.481. The van der Waals surface area contributed by atoms with Gasteiger partial charge in [-0.1, -0.05) is 18.2 Å². The highest BCUT2D eigenvalue weighted by Crippen LogP contribution is 2.36. The van der Waals surface area contributed by atoms with Crippen LogP contribution in [0.25, 0.3) is 0 Å². The molecule has 1 heterocycles. The van der Waals surface area contributed by atoms with Crippen LogP contribution in [0.5, 0.6) is 0 Å². The van der Waals surface area contributed by atoms with Crippen LogP contribution in [0.4, 0.5) is 35.5 Å². The van der Waals surface area contributed by atoms with Crippen molar-refractivity contribution in [1.82, 2.24) is 10.3 Å². The zero-order valence-electron chi connectivity index (χ0n) is 23.6. The molecule has 1 fully saturated rings. The Kier molecular flexibility index (Phi) is 14.7. The van der Waals surface area contributed by atoms with E-state index in [1.165, 1.54) is 19.2 Å². The maximum Gasteiger partial charge on any atom is 0.428 e. The van der Waals surface area contributed by atoms with E-state index in [-0.39, 0.29) is 24.1 Å². The van der Waals surface area contributed by atoms with Gasteiger partial charge in [-0.25, -0.2) is 14.6 Å². The van der Waals surface area contributed by atoms with Gasteiger partial charge >= 0.3 is 18.4 Å². The number of ether oxygens (including phenoxy) is 3. The number of nitrogens with two attached hydrogens (primary N) is 1. The van der Waals surface area contributed by atoms with Crippen LogP contribution in [0.15, 0.2) is 53.6 Å². The Hall–Kier alpha value is -3.43. The van der Waals surface area contributed by atoms with Crippen LogP contribution in [-0.2, 0) is 33.2 Å². The van der Waals surface area contributed by atoms with E-state index in [4.69, 9.17) is 15.2 Å². The van der Waals surface area contributed by atoms with Gasteiger partial charge in [-0.05, 0) is 56.7 Å². The van der Waals surface area contributed by atoms with Crippen LogP contribution >= 0.6 is 0 Å². The second-order valence-electron chi connectivity index (χ2n) is 9.75. The predicted octanol–water partition coefficient (Wildman–Crippen LogP) is 5.81. The molecule has 0 radical (unpaired) electrons. The first-order valence-electron chi connectivity index (χ1n) is 12.5. The minimum atomic E-state index is -4.82. The number of amides is 1. The van der Waals surface area contributed by atoms with E-state index < -0.39 is 35.2 Å². The molecule has 0 aromatic heterocycles. The van der Waals surface area contributed by atoms with E-state index in [0.29, 0.717) is 37.7 Å². The minimum Gasteiger partial charge on any atom is -0.443 e. The molecule has 1 aliphatic rings. The molecule has 15 heteroatoms. The van der Waals surface area contributed by atoms with Gasteiger partial charge in [0, 0.05) is 20.2 Å². The van der Waals surface area contributed by atoms with Crippen molar-refractivity contribution < 1.29 is 49.7 Å². The lowest BCUT2D eigenvalue weighted by atomic mass is 10.1. The molecule has 42 heavy (non-hydrogen) atoms. The van der Waals surface area contributed by atoms with Crippen molar-refractivity contribution in [1.29, 1.82) is 0 Å². The summed E-state index contributed by atoms with van der Waals surface area (Å²) in [7, 11) is 1.19. The number of hydrogen-bond donors (Lipinski definition) is 2. The lowest BCUT2D eigenvalue weighted by molar-refractivity contribution is -0.143. The number of rotatable bonds is 5. The van der Waals surface area contributed by atoms with Crippen molar-refractivity contribution in [2.24, 2.45) is 10.8 Å². The summed E-state index contributed by atoms with van der Waals surface area (Å²) in [6.45, 7) is 8.60. The van der Waals surface area contributed by atoms with E-state index >= 15 is 0 Å². The maximum atomic E-state index is 12.4. The zero-order chi connectivity index (χ0) is 32.0. The normalized spacial score (nSPS) is 14.6. The molecular weight excluding hydrogens is 577 g/mol. The second-order valence-corrected chi connectivity index (χ2v) is 9.75. The molecule has 1 amide bonds. The highest BCUT2D eigenvalue weighted by atomic mass is 19.4. The SMILES string of the molecule is CC(C)(C)OC(=O)N/N=C(\N)CN1CCOCC1.COCc1cc(C(F)(F)F)cc(C(F)(F)F)c1.Fc1ccccc1. The number of morpholine rings is 1. The molecule has 0 aliphatic carbocycles. The number of nitrogens with one attached hydrogen (secondary N) is 1. The van der Waals surface area contributed by atoms with Gasteiger partial charge in [0.15, 0.2) is 0 Å². The highest BCUT2D eigenvalue weighted by Gasteiger charge is 2.36. The van der Waals surface area contributed by atoms with Crippen molar-refractivity contribution in [2.45, 2.75) is 45.3 Å². The van der Waals surface area contributed by atoms with Gasteiger partial charge in [-0.2, -0.15) is 31.4 Å². The number of hydrazone groups is 1. The third kappa shape index (κ3) is 16.1. The van der Waals surface area contributed by atoms with Gasteiger partial charge in [-0.15, -0.1) is 0 Å². The number of carbonyl (C=O) groups excluding carboxylic acids is 1. The van der Waals surface area contributed by atoms with E-state index in [1.54, 1.807) is 39.0 Å². The molecular formula is C27H35F7N4O4. The Balaban J connectivity index is 0.000000342. The number of alkyl halides is 6. The molecule has 0 bridgehead atoms. The minimum absolute atomic E-state index is 0.0825. The van der Waals surface area contributed by atoms with Crippen LogP contribution in [0, 0.1) is 5.82 Å². The number of benzene rings is 2. The van der Waals surface area contributed by atoms with E-state index in [2.05, 4.69) is 20.2 Å². The van der Waals surface area contributed by atoms with E-state index in [9.17, 15) is 35.5 Å². The average molecular weight is 613 g/mol. The Morgan fingerprint density at radius 1 is 0.976 bits per heavy atom. The summed E-state index contributed by atoms with van der Waals surface area (Å²) in [4.78, 5) is 13.4. The van der Waals surface area contributed by atoms with Gasteiger partial charge in [0.2, 0.25) is 0 Å². The van der Waals surface area contributed by atoms with Crippen LogP contribution in [-0.4, -0.2) is 62.4 Å². The van der Waals surface area contributed by atoms with Crippen LogP contribution in [0.1, 0.15) is 37.5 Å². The number of nitrogens with zero attached hydrogens (tertiary/aromatic N) is 2. The van der Waals surface area contributed by atoms with E-state index in [1.807, 2.05) is 0 Å². The van der Waals surface area contributed by atoms with E-state index in [0.717, 1.165) is 13.1 Å². The number of amidine groups is 1. The molecule has 0 atom stereocenters. The van der Waals surface area contributed by atoms with Crippen molar-refractivity contribution >= 4 is 11.9 Å². The topological polar surface area (TPSA) is 98.4 Å². The first-order valence-corrected chi connectivity index (χ1v) is 12.5. The summed E-state index contributed by atoms with van der Waals surface area (Å²) in [5.41, 5.74) is 4.60. The maximum absolute atomic E-state index is 12.4. The van der Waals surface area contributed by atoms with Gasteiger partial charge in [0.05, 0.1) is 37.5 Å². The smallest absolute Gasteiger partial charge is 0.428 e. The van der Waals surface area contributed by atoms with Crippen molar-refractivity contribution in [2.75, 3.05) is 40.0 Å². The van der Waals surface area contributed by atoms with Gasteiger partial charge in [-0.3, -0.25) is 4.90 Å². The molecule has 236 valence electrons. The number of hydrogen-bond acceptors (Lipinski definition) is 6. The largest absolute Gasteiger partial charge is 0.443 e. The Morgan fingerprint density at radius 2 is 1.50 bits per heavy atom. The first-order chi connectivity index (χ1) is 19.4. The van der Waals surface area contributed by atoms with Crippen molar-refractivity contribution in [3.63, 3.8) is 0 Å².